The predicted octanol–water partition coefficient (Wildman–Crippen LogP) is 2.25. The lowest BCUT2D eigenvalue weighted by molar-refractivity contribution is 0.912. The van der Waals surface area contributed by atoms with Gasteiger partial charge >= 0.3 is 0 Å². The zero-order valence-electron chi connectivity index (χ0n) is 6.46. The average molecular weight is 134 g/mol. The fourth-order valence-electron chi connectivity index (χ4n) is 0.833. The van der Waals surface area contributed by atoms with E-state index in [1.165, 1.54) is 5.56 Å². The van der Waals surface area contributed by atoms with Crippen LogP contribution in [0.3, 0.4) is 0 Å². The van der Waals surface area contributed by atoms with Gasteiger partial charge < -0.3 is 0 Å². The molecule has 0 saturated heterocycles. The number of benzene rings is 1. The van der Waals surface area contributed by atoms with Crippen molar-refractivity contribution in [2.24, 2.45) is 0 Å². The van der Waals surface area contributed by atoms with Gasteiger partial charge in [-0.05, 0) is 26.0 Å². The van der Waals surface area contributed by atoms with Gasteiger partial charge in [-0.1, -0.05) is 17.7 Å². The highest BCUT2D eigenvalue weighted by Crippen LogP contribution is 2.07. The summed E-state index contributed by atoms with van der Waals surface area (Å²) in [6.45, 7) is 4.98. The zero-order chi connectivity index (χ0) is 7.40. The maximum Gasteiger partial charge on any atom is 0.0574 e. The Bertz CT molecular complexity index is 188. The summed E-state index contributed by atoms with van der Waals surface area (Å²) in [5, 5.41) is 4.25. The molecule has 0 atom stereocenters. The third-order valence-electron chi connectivity index (χ3n) is 1.37. The van der Waals surface area contributed by atoms with E-state index in [0.29, 0.717) is 0 Å². The second-order valence-electron chi connectivity index (χ2n) is 2.31. The van der Waals surface area contributed by atoms with Crippen LogP contribution in [0.2, 0.25) is 0 Å². The molecule has 1 heteroatoms. The zero-order valence-corrected chi connectivity index (χ0v) is 6.46. The van der Waals surface area contributed by atoms with Crippen molar-refractivity contribution in [1.82, 2.24) is 5.32 Å². The first-order valence-electron chi connectivity index (χ1n) is 3.57. The monoisotopic (exact) mass is 134 g/mol. The minimum atomic E-state index is 0.864. The van der Waals surface area contributed by atoms with Crippen molar-refractivity contribution in [1.29, 1.82) is 0 Å². The third kappa shape index (κ3) is 1.76. The molecule has 0 aliphatic heterocycles. The lowest BCUT2D eigenvalue weighted by Gasteiger charge is -1.98. The minimum absolute atomic E-state index is 0.864. The molecular formula is C9H12N. The first-order chi connectivity index (χ1) is 4.83. The van der Waals surface area contributed by atoms with Crippen molar-refractivity contribution in [3.8, 4) is 0 Å². The van der Waals surface area contributed by atoms with Gasteiger partial charge in [-0.15, -0.1) is 0 Å². The highest BCUT2D eigenvalue weighted by atomic mass is 14.8. The van der Waals surface area contributed by atoms with Crippen LogP contribution in [-0.4, -0.2) is 6.54 Å². The number of rotatable bonds is 2. The summed E-state index contributed by atoms with van der Waals surface area (Å²) in [5.74, 6) is 0. The Kier molecular flexibility index (Phi) is 2.32. The second kappa shape index (κ2) is 3.25. The van der Waals surface area contributed by atoms with Crippen molar-refractivity contribution in [3.63, 3.8) is 0 Å². The number of aryl methyl sites for hydroxylation is 1. The molecule has 1 aromatic rings. The van der Waals surface area contributed by atoms with E-state index in [0.717, 1.165) is 12.2 Å². The Morgan fingerprint density at radius 3 is 2.30 bits per heavy atom. The van der Waals surface area contributed by atoms with Crippen molar-refractivity contribution in [3.05, 3.63) is 29.8 Å². The molecule has 0 aliphatic rings. The molecule has 0 heterocycles. The van der Waals surface area contributed by atoms with Gasteiger partial charge in [-0.2, -0.15) is 0 Å². The molecule has 0 aliphatic carbocycles. The first kappa shape index (κ1) is 7.13. The molecule has 0 aromatic heterocycles. The molecule has 0 spiro atoms. The third-order valence-corrected chi connectivity index (χ3v) is 1.37. The topological polar surface area (TPSA) is 14.1 Å². The number of nitrogens with zero attached hydrogens (tertiary/aromatic N) is 1. The van der Waals surface area contributed by atoms with Crippen LogP contribution in [0.4, 0.5) is 5.69 Å². The predicted molar refractivity (Wildman–Crippen MR) is 43.5 cm³/mol. The fourth-order valence-corrected chi connectivity index (χ4v) is 0.833. The summed E-state index contributed by atoms with van der Waals surface area (Å²) in [6, 6.07) is 8.24. The van der Waals surface area contributed by atoms with Crippen LogP contribution in [0.25, 0.3) is 0 Å². The van der Waals surface area contributed by atoms with Crippen LogP contribution >= 0.6 is 0 Å². The smallest absolute Gasteiger partial charge is 0.0574 e. The van der Waals surface area contributed by atoms with E-state index >= 15 is 0 Å². The van der Waals surface area contributed by atoms with Gasteiger partial charge in [0, 0.05) is 6.54 Å². The van der Waals surface area contributed by atoms with Crippen LogP contribution in [0, 0.1) is 6.92 Å². The van der Waals surface area contributed by atoms with E-state index in [9.17, 15) is 0 Å². The van der Waals surface area contributed by atoms with E-state index in [1.807, 2.05) is 19.1 Å². The lowest BCUT2D eigenvalue weighted by Crippen LogP contribution is -1.93. The van der Waals surface area contributed by atoms with Crippen LogP contribution in [-0.2, 0) is 0 Å². The van der Waals surface area contributed by atoms with E-state index in [-0.39, 0.29) is 0 Å². The van der Waals surface area contributed by atoms with Crippen LogP contribution < -0.4 is 5.32 Å². The van der Waals surface area contributed by atoms with Crippen molar-refractivity contribution in [2.45, 2.75) is 13.8 Å². The van der Waals surface area contributed by atoms with E-state index in [1.54, 1.807) is 0 Å². The molecule has 1 aromatic carbocycles. The molecule has 10 heavy (non-hydrogen) atoms. The summed E-state index contributed by atoms with van der Waals surface area (Å²) >= 11 is 0. The van der Waals surface area contributed by atoms with Gasteiger partial charge in [-0.3, -0.25) is 5.32 Å². The summed E-state index contributed by atoms with van der Waals surface area (Å²) in [4.78, 5) is 0. The highest BCUT2D eigenvalue weighted by Gasteiger charge is 1.88. The maximum absolute atomic E-state index is 4.25. The van der Waals surface area contributed by atoms with Crippen LogP contribution in [0.5, 0.6) is 0 Å². The Hall–Kier alpha value is -0.980. The Morgan fingerprint density at radius 1 is 1.20 bits per heavy atom. The van der Waals surface area contributed by atoms with E-state index < -0.39 is 0 Å². The quantitative estimate of drug-likeness (QED) is 0.589. The van der Waals surface area contributed by atoms with Gasteiger partial charge in [0.25, 0.3) is 0 Å². The van der Waals surface area contributed by atoms with Crippen molar-refractivity contribution in [2.75, 3.05) is 6.54 Å². The molecule has 0 unspecified atom stereocenters. The Labute approximate surface area is 62.1 Å². The van der Waals surface area contributed by atoms with Gasteiger partial charge in [0.2, 0.25) is 0 Å². The fraction of sp³-hybridized carbons (Fsp3) is 0.333. The second-order valence-corrected chi connectivity index (χ2v) is 2.31. The molecule has 0 amide bonds. The van der Waals surface area contributed by atoms with E-state index in [2.05, 4.69) is 24.4 Å². The molecule has 0 fully saturated rings. The molecule has 1 radical (unpaired) electrons. The summed E-state index contributed by atoms with van der Waals surface area (Å²) in [5.41, 5.74) is 2.36. The van der Waals surface area contributed by atoms with Crippen molar-refractivity contribution < 1.29 is 0 Å². The normalized spacial score (nSPS) is 9.40. The average Bonchev–Trinajstić information content (AvgIpc) is 1.95. The SMILES string of the molecule is CC[N]c1ccc(C)cc1. The van der Waals surface area contributed by atoms with Crippen molar-refractivity contribution >= 4 is 5.69 Å². The molecule has 53 valence electrons. The van der Waals surface area contributed by atoms with Gasteiger partial charge in [0.05, 0.1) is 5.69 Å². The minimum Gasteiger partial charge on any atom is -0.286 e. The van der Waals surface area contributed by atoms with Crippen LogP contribution in [0.15, 0.2) is 24.3 Å². The maximum atomic E-state index is 4.25. The molecule has 1 rings (SSSR count). The number of hydrogen-bond acceptors (Lipinski definition) is 0. The Balaban J connectivity index is 2.69. The van der Waals surface area contributed by atoms with Gasteiger partial charge in [0.15, 0.2) is 0 Å². The van der Waals surface area contributed by atoms with E-state index in [4.69, 9.17) is 0 Å². The highest BCUT2D eigenvalue weighted by molar-refractivity contribution is 5.37. The molecular weight excluding hydrogens is 122 g/mol. The standard InChI is InChI=1S/C9H12N/c1-3-10-9-6-4-8(2)5-7-9/h4-7H,3H2,1-2H3. The summed E-state index contributed by atoms with van der Waals surface area (Å²) in [7, 11) is 0. The lowest BCUT2D eigenvalue weighted by atomic mass is 10.2. The first-order valence-corrected chi connectivity index (χ1v) is 3.57. The molecule has 1 nitrogen and oxygen atoms in total. The summed E-state index contributed by atoms with van der Waals surface area (Å²) < 4.78 is 0. The molecule has 0 N–H and O–H groups in total. The van der Waals surface area contributed by atoms with Gasteiger partial charge in [0.1, 0.15) is 0 Å². The Morgan fingerprint density at radius 2 is 1.80 bits per heavy atom. The largest absolute Gasteiger partial charge is 0.286 e. The molecule has 0 saturated carbocycles. The van der Waals surface area contributed by atoms with Gasteiger partial charge in [-0.25, -0.2) is 0 Å². The van der Waals surface area contributed by atoms with Crippen LogP contribution in [0.1, 0.15) is 12.5 Å². The molecule has 0 bridgehead atoms. The summed E-state index contributed by atoms with van der Waals surface area (Å²) in [6.07, 6.45) is 0. The number of hydrogen-bond donors (Lipinski definition) is 0.